The molecule has 0 aromatic heterocycles. The van der Waals surface area contributed by atoms with Crippen LogP contribution in [-0.4, -0.2) is 22.0 Å². The van der Waals surface area contributed by atoms with Crippen LogP contribution in [0.3, 0.4) is 0 Å². The van der Waals surface area contributed by atoms with Gasteiger partial charge < -0.3 is 4.90 Å². The second-order valence-corrected chi connectivity index (χ2v) is 5.16. The molecule has 0 heterocycles. The number of aryl methyl sites for hydroxylation is 1. The van der Waals surface area contributed by atoms with Crippen molar-refractivity contribution in [3.05, 3.63) is 35.4 Å². The van der Waals surface area contributed by atoms with E-state index in [2.05, 4.69) is 63.8 Å². The number of hydrogen-bond acceptors (Lipinski definition) is 1. The van der Waals surface area contributed by atoms with Crippen molar-refractivity contribution in [3.63, 3.8) is 0 Å². The lowest BCUT2D eigenvalue weighted by molar-refractivity contribution is 0.298. The summed E-state index contributed by atoms with van der Waals surface area (Å²) < 4.78 is 0. The summed E-state index contributed by atoms with van der Waals surface area (Å²) in [5.74, 6) is 0. The molecular weight excluding hydrogens is 214 g/mol. The summed E-state index contributed by atoms with van der Waals surface area (Å²) >= 11 is 5.58. The van der Waals surface area contributed by atoms with E-state index in [0.29, 0.717) is 12.1 Å². The van der Waals surface area contributed by atoms with Crippen molar-refractivity contribution in [1.82, 2.24) is 4.90 Å². The highest BCUT2D eigenvalue weighted by Crippen LogP contribution is 2.14. The van der Waals surface area contributed by atoms with E-state index >= 15 is 0 Å². The molecule has 0 atom stereocenters. The molecule has 1 nitrogen and oxygen atoms in total. The van der Waals surface area contributed by atoms with Gasteiger partial charge in [0.2, 0.25) is 0 Å². The van der Waals surface area contributed by atoms with Crippen molar-refractivity contribution in [3.8, 4) is 0 Å². The Morgan fingerprint density at radius 1 is 1.12 bits per heavy atom. The molecule has 88 valence electrons. The average Bonchev–Trinajstić information content (AvgIpc) is 2.16. The van der Waals surface area contributed by atoms with E-state index in [9.17, 15) is 0 Å². The second-order valence-electron chi connectivity index (χ2n) is 4.77. The summed E-state index contributed by atoms with van der Waals surface area (Å²) in [6, 6.07) is 9.28. The standard InChI is InChI=1S/C14H21NS/c1-10(2)15(11(3)4)14(16)13-8-6-7-12(5)9-13/h6-11H,1-5H3. The van der Waals surface area contributed by atoms with Gasteiger partial charge in [0.15, 0.2) is 0 Å². The first-order valence-corrected chi connectivity index (χ1v) is 6.23. The van der Waals surface area contributed by atoms with Gasteiger partial charge in [0.1, 0.15) is 4.99 Å². The van der Waals surface area contributed by atoms with Gasteiger partial charge >= 0.3 is 0 Å². The molecule has 0 N–H and O–H groups in total. The maximum absolute atomic E-state index is 5.58. The predicted molar refractivity (Wildman–Crippen MR) is 75.0 cm³/mol. The van der Waals surface area contributed by atoms with Crippen molar-refractivity contribution >= 4 is 17.2 Å². The zero-order valence-corrected chi connectivity index (χ0v) is 11.6. The number of rotatable bonds is 3. The highest BCUT2D eigenvalue weighted by Gasteiger charge is 2.17. The largest absolute Gasteiger partial charge is 0.357 e. The summed E-state index contributed by atoms with van der Waals surface area (Å²) in [6.45, 7) is 10.8. The van der Waals surface area contributed by atoms with Crippen LogP contribution in [0.2, 0.25) is 0 Å². The first-order chi connectivity index (χ1) is 7.43. The van der Waals surface area contributed by atoms with Gasteiger partial charge in [0, 0.05) is 17.6 Å². The number of benzene rings is 1. The van der Waals surface area contributed by atoms with Crippen molar-refractivity contribution in [1.29, 1.82) is 0 Å². The Hall–Kier alpha value is -0.890. The molecule has 0 amide bonds. The van der Waals surface area contributed by atoms with Gasteiger partial charge in [-0.2, -0.15) is 0 Å². The second kappa shape index (κ2) is 5.44. The van der Waals surface area contributed by atoms with E-state index in [1.54, 1.807) is 0 Å². The van der Waals surface area contributed by atoms with Crippen molar-refractivity contribution in [2.24, 2.45) is 0 Å². The lowest BCUT2D eigenvalue weighted by atomic mass is 10.1. The summed E-state index contributed by atoms with van der Waals surface area (Å²) in [5, 5.41) is 0. The maximum Gasteiger partial charge on any atom is 0.109 e. The predicted octanol–water partition coefficient (Wildman–Crippen LogP) is 3.79. The fourth-order valence-corrected chi connectivity index (χ4v) is 2.54. The van der Waals surface area contributed by atoms with E-state index < -0.39 is 0 Å². The molecule has 0 saturated carbocycles. The molecule has 1 aromatic rings. The molecule has 1 rings (SSSR count). The minimum atomic E-state index is 0.438. The molecule has 0 fully saturated rings. The normalized spacial score (nSPS) is 10.9. The lowest BCUT2D eigenvalue weighted by Gasteiger charge is -2.33. The molecule has 0 radical (unpaired) electrons. The Morgan fingerprint density at radius 3 is 2.12 bits per heavy atom. The van der Waals surface area contributed by atoms with Crippen LogP contribution < -0.4 is 0 Å². The third-order valence-corrected chi connectivity index (χ3v) is 3.06. The Bertz CT molecular complexity index is 361. The fraction of sp³-hybridized carbons (Fsp3) is 0.500. The van der Waals surface area contributed by atoms with Gasteiger partial charge in [-0.1, -0.05) is 36.0 Å². The topological polar surface area (TPSA) is 3.24 Å². The first-order valence-electron chi connectivity index (χ1n) is 5.82. The van der Waals surface area contributed by atoms with E-state index in [1.165, 1.54) is 5.56 Å². The van der Waals surface area contributed by atoms with Gasteiger partial charge in [0.05, 0.1) is 0 Å². The molecule has 0 spiro atoms. The monoisotopic (exact) mass is 235 g/mol. The van der Waals surface area contributed by atoms with Crippen LogP contribution >= 0.6 is 12.2 Å². The van der Waals surface area contributed by atoms with Crippen LogP contribution in [0.15, 0.2) is 24.3 Å². The SMILES string of the molecule is Cc1cccc(C(=S)N(C(C)C)C(C)C)c1. The van der Waals surface area contributed by atoms with Crippen molar-refractivity contribution < 1.29 is 0 Å². The Kier molecular flexibility index (Phi) is 4.48. The van der Waals surface area contributed by atoms with Crippen molar-refractivity contribution in [2.45, 2.75) is 46.7 Å². The molecule has 0 aliphatic heterocycles. The smallest absolute Gasteiger partial charge is 0.109 e. The molecule has 16 heavy (non-hydrogen) atoms. The summed E-state index contributed by atoms with van der Waals surface area (Å²) in [6.07, 6.45) is 0. The van der Waals surface area contributed by atoms with Crippen molar-refractivity contribution in [2.75, 3.05) is 0 Å². The Morgan fingerprint density at radius 2 is 1.69 bits per heavy atom. The summed E-state index contributed by atoms with van der Waals surface area (Å²) in [4.78, 5) is 3.23. The molecule has 2 heteroatoms. The summed E-state index contributed by atoms with van der Waals surface area (Å²) in [7, 11) is 0. The molecule has 0 aliphatic carbocycles. The van der Waals surface area contributed by atoms with Crippen LogP contribution in [0.5, 0.6) is 0 Å². The van der Waals surface area contributed by atoms with Gasteiger partial charge in [0.25, 0.3) is 0 Å². The molecule has 0 unspecified atom stereocenters. The molecule has 0 bridgehead atoms. The number of thiocarbonyl (C=S) groups is 1. The molecule has 0 saturated heterocycles. The molecule has 0 aliphatic rings. The highest BCUT2D eigenvalue weighted by molar-refractivity contribution is 7.80. The Labute approximate surface area is 104 Å². The van der Waals surface area contributed by atoms with Gasteiger partial charge in [-0.15, -0.1) is 0 Å². The minimum Gasteiger partial charge on any atom is -0.357 e. The zero-order chi connectivity index (χ0) is 12.3. The first kappa shape index (κ1) is 13.2. The summed E-state index contributed by atoms with van der Waals surface area (Å²) in [5.41, 5.74) is 2.41. The average molecular weight is 235 g/mol. The van der Waals surface area contributed by atoms with E-state index in [-0.39, 0.29) is 0 Å². The number of hydrogen-bond donors (Lipinski definition) is 0. The van der Waals surface area contributed by atoms with E-state index in [1.807, 2.05) is 0 Å². The van der Waals surface area contributed by atoms with Crippen LogP contribution in [0.4, 0.5) is 0 Å². The molecule has 1 aromatic carbocycles. The molecular formula is C14H21NS. The third kappa shape index (κ3) is 3.05. The van der Waals surface area contributed by atoms with Gasteiger partial charge in [-0.3, -0.25) is 0 Å². The quantitative estimate of drug-likeness (QED) is 0.733. The van der Waals surface area contributed by atoms with E-state index in [4.69, 9.17) is 12.2 Å². The van der Waals surface area contributed by atoms with Crippen LogP contribution in [-0.2, 0) is 0 Å². The maximum atomic E-state index is 5.58. The van der Waals surface area contributed by atoms with Gasteiger partial charge in [-0.05, 0) is 40.7 Å². The minimum absolute atomic E-state index is 0.438. The Balaban J connectivity index is 2.99. The lowest BCUT2D eigenvalue weighted by Crippen LogP contribution is -2.41. The third-order valence-electron chi connectivity index (χ3n) is 2.61. The van der Waals surface area contributed by atoms with Crippen LogP contribution in [0.25, 0.3) is 0 Å². The fourth-order valence-electron chi connectivity index (χ4n) is 1.99. The highest BCUT2D eigenvalue weighted by atomic mass is 32.1. The van der Waals surface area contributed by atoms with Crippen LogP contribution in [0.1, 0.15) is 38.8 Å². The van der Waals surface area contributed by atoms with E-state index in [0.717, 1.165) is 10.6 Å². The zero-order valence-electron chi connectivity index (χ0n) is 10.8. The van der Waals surface area contributed by atoms with Crippen LogP contribution in [0, 0.1) is 6.92 Å². The number of nitrogens with zero attached hydrogens (tertiary/aromatic N) is 1. The van der Waals surface area contributed by atoms with Gasteiger partial charge in [-0.25, -0.2) is 0 Å².